The lowest BCUT2D eigenvalue weighted by molar-refractivity contribution is 0.307. The van der Waals surface area contributed by atoms with Gasteiger partial charge in [-0.05, 0) is 31.5 Å². The second-order valence-electron chi connectivity index (χ2n) is 5.70. The Morgan fingerprint density at radius 3 is 2.71 bits per heavy atom. The molecule has 1 heterocycles. The zero-order chi connectivity index (χ0) is 14.9. The van der Waals surface area contributed by atoms with Crippen molar-refractivity contribution in [1.82, 2.24) is 10.3 Å². The third kappa shape index (κ3) is 5.35. The molecule has 0 aliphatic carbocycles. The van der Waals surface area contributed by atoms with Gasteiger partial charge in [-0.1, -0.05) is 44.9 Å². The molecule has 1 aromatic heterocycles. The molecule has 0 saturated heterocycles. The average Bonchev–Trinajstić information content (AvgIpc) is 2.50. The Balaban J connectivity index is 1.66. The maximum absolute atomic E-state index is 5.89. The Labute approximate surface area is 127 Å². The van der Waals surface area contributed by atoms with Crippen molar-refractivity contribution in [3.8, 4) is 5.75 Å². The fourth-order valence-electron chi connectivity index (χ4n) is 2.35. The number of ether oxygens (including phenoxy) is 1. The minimum absolute atomic E-state index is 0.590. The fraction of sp³-hybridized carbons (Fsp3) is 0.500. The highest BCUT2D eigenvalue weighted by molar-refractivity contribution is 5.84. The number of rotatable bonds is 9. The lowest BCUT2D eigenvalue weighted by Gasteiger charge is -2.09. The number of aromatic nitrogens is 1. The smallest absolute Gasteiger partial charge is 0.145 e. The van der Waals surface area contributed by atoms with E-state index in [2.05, 4.69) is 36.3 Å². The van der Waals surface area contributed by atoms with Gasteiger partial charge in [0.1, 0.15) is 11.3 Å². The molecule has 1 aromatic carbocycles. The molecule has 3 heteroatoms. The van der Waals surface area contributed by atoms with Gasteiger partial charge in [-0.2, -0.15) is 0 Å². The van der Waals surface area contributed by atoms with Crippen molar-refractivity contribution in [3.05, 3.63) is 36.5 Å². The predicted molar refractivity (Wildman–Crippen MR) is 88.8 cm³/mol. The molecule has 3 nitrogen and oxygen atoms in total. The molecule has 0 unspecified atom stereocenters. The van der Waals surface area contributed by atoms with Crippen molar-refractivity contribution >= 4 is 10.9 Å². The Bertz CT molecular complexity index is 534. The zero-order valence-corrected chi connectivity index (χ0v) is 13.1. The molecule has 114 valence electrons. The maximum Gasteiger partial charge on any atom is 0.145 e. The van der Waals surface area contributed by atoms with Crippen molar-refractivity contribution in [2.75, 3.05) is 13.2 Å². The Morgan fingerprint density at radius 2 is 1.86 bits per heavy atom. The first-order valence-electron chi connectivity index (χ1n) is 7.97. The Hall–Kier alpha value is -1.61. The Kier molecular flexibility index (Phi) is 6.48. The number of nitrogens with zero attached hydrogens (tertiary/aromatic N) is 1. The van der Waals surface area contributed by atoms with Gasteiger partial charge in [0.05, 0.1) is 6.61 Å². The van der Waals surface area contributed by atoms with Crippen molar-refractivity contribution < 1.29 is 4.74 Å². The fourth-order valence-corrected chi connectivity index (χ4v) is 2.35. The molecule has 21 heavy (non-hydrogen) atoms. The highest BCUT2D eigenvalue weighted by Crippen LogP contribution is 2.23. The van der Waals surface area contributed by atoms with Gasteiger partial charge in [0, 0.05) is 17.6 Å². The molecule has 0 bridgehead atoms. The molecule has 0 spiro atoms. The molecule has 0 radical (unpaired) electrons. The highest BCUT2D eigenvalue weighted by Gasteiger charge is 2.02. The maximum atomic E-state index is 5.89. The predicted octanol–water partition coefficient (Wildman–Crippen LogP) is 4.17. The molecule has 0 aliphatic heterocycles. The van der Waals surface area contributed by atoms with Gasteiger partial charge < -0.3 is 10.1 Å². The van der Waals surface area contributed by atoms with Crippen molar-refractivity contribution in [3.63, 3.8) is 0 Å². The van der Waals surface area contributed by atoms with E-state index >= 15 is 0 Å². The highest BCUT2D eigenvalue weighted by atomic mass is 16.5. The van der Waals surface area contributed by atoms with Gasteiger partial charge in [-0.25, -0.2) is 0 Å². The van der Waals surface area contributed by atoms with Crippen LogP contribution in [0.4, 0.5) is 0 Å². The first-order chi connectivity index (χ1) is 10.3. The summed E-state index contributed by atoms with van der Waals surface area (Å²) in [6, 6.07) is 10.7. The number of pyridine rings is 1. The van der Waals surface area contributed by atoms with E-state index < -0.39 is 0 Å². The van der Waals surface area contributed by atoms with Crippen LogP contribution < -0.4 is 10.1 Å². The summed E-state index contributed by atoms with van der Waals surface area (Å²) in [4.78, 5) is 4.40. The molecule has 1 N–H and O–H groups in total. The summed E-state index contributed by atoms with van der Waals surface area (Å²) < 4.78 is 5.89. The number of para-hydroxylation sites is 1. The first kappa shape index (κ1) is 15.8. The molecular formula is C18H26N2O. The number of fused-ring (bicyclic) bond motifs is 1. The number of hydrogen-bond donors (Lipinski definition) is 1. The minimum atomic E-state index is 0.590. The molecule has 0 aliphatic rings. The van der Waals surface area contributed by atoms with Crippen LogP contribution in [0.2, 0.25) is 0 Å². The van der Waals surface area contributed by atoms with Crippen LogP contribution in [0.3, 0.4) is 0 Å². The summed E-state index contributed by atoms with van der Waals surface area (Å²) in [7, 11) is 0. The third-order valence-electron chi connectivity index (χ3n) is 3.48. The molecular weight excluding hydrogens is 260 g/mol. The van der Waals surface area contributed by atoms with E-state index in [1.54, 1.807) is 0 Å². The lowest BCUT2D eigenvalue weighted by Crippen LogP contribution is -2.23. The van der Waals surface area contributed by atoms with Gasteiger partial charge in [0.2, 0.25) is 0 Å². The molecule has 0 amide bonds. The van der Waals surface area contributed by atoms with E-state index in [-0.39, 0.29) is 0 Å². The summed E-state index contributed by atoms with van der Waals surface area (Å²) in [6.45, 7) is 6.26. The molecule has 2 aromatic rings. The van der Waals surface area contributed by atoms with Crippen LogP contribution in [0.1, 0.15) is 39.5 Å². The topological polar surface area (TPSA) is 34.1 Å². The van der Waals surface area contributed by atoms with E-state index in [4.69, 9.17) is 4.74 Å². The average molecular weight is 286 g/mol. The normalized spacial score (nSPS) is 11.2. The number of unbranched alkanes of at least 4 members (excludes halogenated alkanes) is 3. The third-order valence-corrected chi connectivity index (χ3v) is 3.48. The van der Waals surface area contributed by atoms with Crippen LogP contribution >= 0.6 is 0 Å². The number of benzene rings is 1. The number of hydrogen-bond acceptors (Lipinski definition) is 3. The van der Waals surface area contributed by atoms with Crippen molar-refractivity contribution in [2.45, 2.75) is 45.6 Å². The Morgan fingerprint density at radius 1 is 1.05 bits per heavy atom. The summed E-state index contributed by atoms with van der Waals surface area (Å²) in [5, 5.41) is 4.58. The standard InChI is InChI=1S/C18H26N2O/c1-15(2)19-12-5-3-4-6-14-21-17-11-7-9-16-10-8-13-20-18(16)17/h7-11,13,15,19H,3-6,12,14H2,1-2H3. The van der Waals surface area contributed by atoms with E-state index in [1.807, 2.05) is 24.4 Å². The summed E-state index contributed by atoms with van der Waals surface area (Å²) in [5.74, 6) is 0.898. The molecule has 0 saturated carbocycles. The van der Waals surface area contributed by atoms with Crippen molar-refractivity contribution in [1.29, 1.82) is 0 Å². The summed E-state index contributed by atoms with van der Waals surface area (Å²) >= 11 is 0. The van der Waals surface area contributed by atoms with Crippen molar-refractivity contribution in [2.24, 2.45) is 0 Å². The van der Waals surface area contributed by atoms with Crippen LogP contribution in [0.25, 0.3) is 10.9 Å². The second kappa shape index (κ2) is 8.63. The van der Waals surface area contributed by atoms with Gasteiger partial charge in [0.25, 0.3) is 0 Å². The van der Waals surface area contributed by atoms with Gasteiger partial charge >= 0.3 is 0 Å². The van der Waals surface area contributed by atoms with Crippen LogP contribution in [-0.2, 0) is 0 Å². The van der Waals surface area contributed by atoms with E-state index in [9.17, 15) is 0 Å². The minimum Gasteiger partial charge on any atom is -0.491 e. The van der Waals surface area contributed by atoms with Gasteiger partial charge in [0.15, 0.2) is 0 Å². The molecule has 0 fully saturated rings. The number of nitrogens with one attached hydrogen (secondary N) is 1. The monoisotopic (exact) mass is 286 g/mol. The van der Waals surface area contributed by atoms with Crippen LogP contribution in [0, 0.1) is 0 Å². The second-order valence-corrected chi connectivity index (χ2v) is 5.70. The van der Waals surface area contributed by atoms with Gasteiger partial charge in [-0.15, -0.1) is 0 Å². The summed E-state index contributed by atoms with van der Waals surface area (Å²) in [5.41, 5.74) is 0.959. The van der Waals surface area contributed by atoms with Crippen LogP contribution in [-0.4, -0.2) is 24.2 Å². The quantitative estimate of drug-likeness (QED) is 0.702. The zero-order valence-electron chi connectivity index (χ0n) is 13.1. The van der Waals surface area contributed by atoms with E-state index in [0.717, 1.165) is 36.2 Å². The molecule has 0 atom stereocenters. The SMILES string of the molecule is CC(C)NCCCCCCOc1cccc2cccnc12. The van der Waals surface area contributed by atoms with E-state index in [1.165, 1.54) is 19.3 Å². The molecule has 2 rings (SSSR count). The van der Waals surface area contributed by atoms with Crippen LogP contribution in [0.15, 0.2) is 36.5 Å². The van der Waals surface area contributed by atoms with Gasteiger partial charge in [-0.3, -0.25) is 4.98 Å². The van der Waals surface area contributed by atoms with Crippen LogP contribution in [0.5, 0.6) is 5.75 Å². The van der Waals surface area contributed by atoms with E-state index in [0.29, 0.717) is 6.04 Å². The largest absolute Gasteiger partial charge is 0.491 e. The summed E-state index contributed by atoms with van der Waals surface area (Å²) in [6.07, 6.45) is 6.64. The first-order valence-corrected chi connectivity index (χ1v) is 7.97. The lowest BCUT2D eigenvalue weighted by atomic mass is 10.2.